The van der Waals surface area contributed by atoms with Gasteiger partial charge < -0.3 is 10.1 Å². The third-order valence-corrected chi connectivity index (χ3v) is 7.87. The van der Waals surface area contributed by atoms with Crippen molar-refractivity contribution in [1.29, 1.82) is 0 Å². The summed E-state index contributed by atoms with van der Waals surface area (Å²) < 4.78 is 33.2. The molecule has 0 aliphatic carbocycles. The van der Waals surface area contributed by atoms with E-state index in [1.165, 1.54) is 10.4 Å². The van der Waals surface area contributed by atoms with Gasteiger partial charge in [0.2, 0.25) is 15.9 Å². The lowest BCUT2D eigenvalue weighted by molar-refractivity contribution is -0.120. The summed E-state index contributed by atoms with van der Waals surface area (Å²) in [7, 11) is -3.76. The lowest BCUT2D eigenvalue weighted by Crippen LogP contribution is -2.41. The van der Waals surface area contributed by atoms with Crippen LogP contribution in [0, 0.1) is 5.92 Å². The maximum atomic E-state index is 13.2. The van der Waals surface area contributed by atoms with Crippen molar-refractivity contribution in [2.75, 3.05) is 31.3 Å². The summed E-state index contributed by atoms with van der Waals surface area (Å²) in [6, 6.07) is 12.3. The molecule has 3 rings (SSSR count). The van der Waals surface area contributed by atoms with Crippen molar-refractivity contribution in [2.45, 2.75) is 29.6 Å². The number of nitrogens with one attached hydrogen (secondary N) is 1. The van der Waals surface area contributed by atoms with Gasteiger partial charge in [-0.2, -0.15) is 4.31 Å². The van der Waals surface area contributed by atoms with Gasteiger partial charge in [-0.15, -0.1) is 11.8 Å². The smallest absolute Gasteiger partial charge is 0.246 e. The van der Waals surface area contributed by atoms with E-state index in [1.807, 2.05) is 30.5 Å². The Labute approximate surface area is 187 Å². The van der Waals surface area contributed by atoms with Gasteiger partial charge in [0, 0.05) is 34.6 Å². The Kier molecular flexibility index (Phi) is 7.68. The Morgan fingerprint density at radius 1 is 1.23 bits per heavy atom. The standard InChI is InChI=1S/C21H25ClN2O4S2/c1-3-28-19-8-7-16(22)13-20(19)30(26,27)24-11-9-15(10-12-24)21(25)23-17-5-4-6-18(14-17)29-2/h4-8,13-15H,3,9-12H2,1-2H3,(H,23,25). The second-order valence-electron chi connectivity index (χ2n) is 6.92. The summed E-state index contributed by atoms with van der Waals surface area (Å²) in [5.41, 5.74) is 0.752. The first-order chi connectivity index (χ1) is 14.3. The first kappa shape index (κ1) is 22.9. The van der Waals surface area contributed by atoms with Crippen LogP contribution in [0.1, 0.15) is 19.8 Å². The van der Waals surface area contributed by atoms with E-state index in [1.54, 1.807) is 30.8 Å². The number of carbonyl (C=O) groups excluding carboxylic acids is 1. The molecule has 6 nitrogen and oxygen atoms in total. The van der Waals surface area contributed by atoms with Crippen molar-refractivity contribution in [3.8, 4) is 5.75 Å². The summed E-state index contributed by atoms with van der Waals surface area (Å²) in [5, 5.41) is 3.28. The Morgan fingerprint density at radius 3 is 2.63 bits per heavy atom. The van der Waals surface area contributed by atoms with Crippen LogP contribution in [0.25, 0.3) is 0 Å². The maximum Gasteiger partial charge on any atom is 0.246 e. The van der Waals surface area contributed by atoms with Crippen molar-refractivity contribution < 1.29 is 17.9 Å². The number of anilines is 1. The van der Waals surface area contributed by atoms with E-state index in [9.17, 15) is 13.2 Å². The molecule has 1 N–H and O–H groups in total. The normalized spacial score (nSPS) is 15.7. The molecular formula is C21H25ClN2O4S2. The summed E-state index contributed by atoms with van der Waals surface area (Å²) in [6.07, 6.45) is 2.89. The summed E-state index contributed by atoms with van der Waals surface area (Å²) >= 11 is 7.64. The number of nitrogens with zero attached hydrogens (tertiary/aromatic N) is 1. The number of amides is 1. The van der Waals surface area contributed by atoms with Gasteiger partial charge in [0.05, 0.1) is 6.61 Å². The number of rotatable bonds is 7. The number of halogens is 1. The largest absolute Gasteiger partial charge is 0.492 e. The number of thioether (sulfide) groups is 1. The molecule has 0 bridgehead atoms. The average Bonchev–Trinajstić information content (AvgIpc) is 2.75. The quantitative estimate of drug-likeness (QED) is 0.605. The molecule has 1 saturated heterocycles. The molecule has 0 saturated carbocycles. The van der Waals surface area contributed by atoms with E-state index in [-0.39, 0.29) is 35.6 Å². The number of benzene rings is 2. The van der Waals surface area contributed by atoms with Crippen LogP contribution in [0.15, 0.2) is 52.3 Å². The van der Waals surface area contributed by atoms with Crippen LogP contribution in [0.4, 0.5) is 5.69 Å². The number of sulfonamides is 1. The lowest BCUT2D eigenvalue weighted by atomic mass is 9.97. The molecule has 0 atom stereocenters. The highest BCUT2D eigenvalue weighted by atomic mass is 35.5. The predicted molar refractivity (Wildman–Crippen MR) is 121 cm³/mol. The van der Waals surface area contributed by atoms with E-state index in [2.05, 4.69) is 5.32 Å². The van der Waals surface area contributed by atoms with E-state index in [0.717, 1.165) is 10.6 Å². The lowest BCUT2D eigenvalue weighted by Gasteiger charge is -2.31. The molecular weight excluding hydrogens is 444 g/mol. The van der Waals surface area contributed by atoms with Gasteiger partial charge in [0.15, 0.2) is 0 Å². The molecule has 162 valence electrons. The van der Waals surface area contributed by atoms with Gasteiger partial charge >= 0.3 is 0 Å². The first-order valence-corrected chi connectivity index (χ1v) is 12.8. The van der Waals surface area contributed by atoms with Crippen molar-refractivity contribution in [2.24, 2.45) is 5.92 Å². The van der Waals surface area contributed by atoms with Crippen molar-refractivity contribution in [3.05, 3.63) is 47.5 Å². The minimum atomic E-state index is -3.76. The maximum absolute atomic E-state index is 13.2. The average molecular weight is 469 g/mol. The summed E-state index contributed by atoms with van der Waals surface area (Å²) in [4.78, 5) is 13.8. The first-order valence-electron chi connectivity index (χ1n) is 9.72. The molecule has 0 unspecified atom stereocenters. The second kappa shape index (κ2) is 10.0. The Hall–Kier alpha value is -1.74. The molecule has 2 aromatic rings. The minimum Gasteiger partial charge on any atom is -0.492 e. The number of hydrogen-bond acceptors (Lipinski definition) is 5. The van der Waals surface area contributed by atoms with Crippen LogP contribution in [-0.4, -0.2) is 44.6 Å². The van der Waals surface area contributed by atoms with Gasteiger partial charge in [-0.25, -0.2) is 8.42 Å². The molecule has 0 radical (unpaired) electrons. The van der Waals surface area contributed by atoms with Crippen molar-refractivity contribution >= 4 is 45.0 Å². The van der Waals surface area contributed by atoms with Crippen LogP contribution < -0.4 is 10.1 Å². The fraction of sp³-hybridized carbons (Fsp3) is 0.381. The number of carbonyl (C=O) groups is 1. The Bertz CT molecular complexity index is 1010. The number of piperidine rings is 1. The van der Waals surface area contributed by atoms with Crippen LogP contribution in [0.5, 0.6) is 5.75 Å². The number of hydrogen-bond donors (Lipinski definition) is 1. The van der Waals surface area contributed by atoms with Crippen LogP contribution in [0.3, 0.4) is 0 Å². The van der Waals surface area contributed by atoms with E-state index in [0.29, 0.717) is 24.5 Å². The van der Waals surface area contributed by atoms with Crippen molar-refractivity contribution in [1.82, 2.24) is 4.31 Å². The molecule has 1 aliphatic rings. The van der Waals surface area contributed by atoms with Gasteiger partial charge in [-0.05, 0) is 62.4 Å². The molecule has 1 heterocycles. The van der Waals surface area contributed by atoms with Gasteiger partial charge in [-0.3, -0.25) is 4.79 Å². The highest BCUT2D eigenvalue weighted by Crippen LogP contribution is 2.32. The van der Waals surface area contributed by atoms with Gasteiger partial charge in [0.25, 0.3) is 0 Å². The SMILES string of the molecule is CCOc1ccc(Cl)cc1S(=O)(=O)N1CCC(C(=O)Nc2cccc(SC)c2)CC1. The van der Waals surface area contributed by atoms with Crippen molar-refractivity contribution in [3.63, 3.8) is 0 Å². The molecule has 1 amide bonds. The van der Waals surface area contributed by atoms with Crippen LogP contribution >= 0.6 is 23.4 Å². The summed E-state index contributed by atoms with van der Waals surface area (Å²) in [6.45, 7) is 2.68. The van der Waals surface area contributed by atoms with E-state index in [4.69, 9.17) is 16.3 Å². The third-order valence-electron chi connectivity index (χ3n) is 4.99. The van der Waals surface area contributed by atoms with Gasteiger partial charge in [-0.1, -0.05) is 17.7 Å². The van der Waals surface area contributed by atoms with Crippen LogP contribution in [-0.2, 0) is 14.8 Å². The molecule has 30 heavy (non-hydrogen) atoms. The Morgan fingerprint density at radius 2 is 1.97 bits per heavy atom. The highest BCUT2D eigenvalue weighted by Gasteiger charge is 2.34. The zero-order valence-electron chi connectivity index (χ0n) is 16.9. The molecule has 1 aliphatic heterocycles. The third kappa shape index (κ3) is 5.29. The van der Waals surface area contributed by atoms with E-state index < -0.39 is 10.0 Å². The van der Waals surface area contributed by atoms with Gasteiger partial charge in [0.1, 0.15) is 10.6 Å². The zero-order valence-corrected chi connectivity index (χ0v) is 19.3. The molecule has 9 heteroatoms. The molecule has 0 spiro atoms. The second-order valence-corrected chi connectivity index (χ2v) is 10.1. The van der Waals surface area contributed by atoms with Crippen LogP contribution in [0.2, 0.25) is 5.02 Å². The Balaban J connectivity index is 1.67. The fourth-order valence-electron chi connectivity index (χ4n) is 3.40. The molecule has 1 fully saturated rings. The van der Waals surface area contributed by atoms with E-state index >= 15 is 0 Å². The molecule has 2 aromatic carbocycles. The zero-order chi connectivity index (χ0) is 21.7. The fourth-order valence-corrected chi connectivity index (χ4v) is 5.72. The monoisotopic (exact) mass is 468 g/mol. The number of ether oxygens (including phenoxy) is 1. The molecule has 0 aromatic heterocycles. The minimum absolute atomic E-state index is 0.0635. The summed E-state index contributed by atoms with van der Waals surface area (Å²) in [5.74, 6) is -0.0291. The topological polar surface area (TPSA) is 75.7 Å². The predicted octanol–water partition coefficient (Wildman–Crippen LogP) is 4.50. The highest BCUT2D eigenvalue weighted by molar-refractivity contribution is 7.98.